The number of carboxylic acids is 1. The minimum absolute atomic E-state index is 0.355. The van der Waals surface area contributed by atoms with Crippen molar-refractivity contribution < 1.29 is 19.4 Å². The Balaban J connectivity index is 1.98. The quantitative estimate of drug-likeness (QED) is 0.857. The zero-order chi connectivity index (χ0) is 14.5. The zero-order valence-corrected chi connectivity index (χ0v) is 11.5. The number of hydrogen-bond acceptors (Lipinski definition) is 3. The number of benzene rings is 1. The number of nitrogens with zero attached hydrogens (tertiary/aromatic N) is 1. The first kappa shape index (κ1) is 14.4. The average molecular weight is 277 g/mol. The molecular formula is C15H19NO4. The number of amides is 1. The normalized spacial score (nSPS) is 15.9. The molecule has 0 aromatic heterocycles. The van der Waals surface area contributed by atoms with Gasteiger partial charge in [-0.05, 0) is 43.4 Å². The molecule has 1 amide bonds. The highest BCUT2D eigenvalue weighted by molar-refractivity contribution is 6.31. The third-order valence-electron chi connectivity index (χ3n) is 3.61. The fourth-order valence-electron chi connectivity index (χ4n) is 2.58. The largest absolute Gasteiger partial charge is 0.494 e. The Morgan fingerprint density at radius 3 is 2.65 bits per heavy atom. The van der Waals surface area contributed by atoms with Gasteiger partial charge in [-0.3, -0.25) is 4.79 Å². The summed E-state index contributed by atoms with van der Waals surface area (Å²) in [6.45, 7) is 3.57. The van der Waals surface area contributed by atoms with Crippen LogP contribution in [0.4, 0.5) is 0 Å². The third kappa shape index (κ3) is 3.29. The standard InChI is InChI=1S/C15H19NO4/c1-2-20-13-5-3-4-12(10-13)11-6-8-16(9-7-11)14(17)15(18)19/h3-5,10-11H,2,6-9H2,1H3,(H,18,19). The van der Waals surface area contributed by atoms with Crippen molar-refractivity contribution in [2.24, 2.45) is 0 Å². The lowest BCUT2D eigenvalue weighted by atomic mass is 9.89. The van der Waals surface area contributed by atoms with Gasteiger partial charge >= 0.3 is 11.9 Å². The lowest BCUT2D eigenvalue weighted by Gasteiger charge is -2.31. The molecule has 0 radical (unpaired) electrons. The summed E-state index contributed by atoms with van der Waals surface area (Å²) in [7, 11) is 0. The van der Waals surface area contributed by atoms with Crippen molar-refractivity contribution in [3.8, 4) is 5.75 Å². The van der Waals surface area contributed by atoms with Gasteiger partial charge in [-0.25, -0.2) is 4.79 Å². The first-order chi connectivity index (χ1) is 9.61. The number of likely N-dealkylation sites (tertiary alicyclic amines) is 1. The van der Waals surface area contributed by atoms with E-state index in [0.717, 1.165) is 18.6 Å². The van der Waals surface area contributed by atoms with E-state index < -0.39 is 11.9 Å². The van der Waals surface area contributed by atoms with Crippen molar-refractivity contribution in [2.45, 2.75) is 25.7 Å². The van der Waals surface area contributed by atoms with Crippen LogP contribution in [0.3, 0.4) is 0 Å². The highest BCUT2D eigenvalue weighted by Crippen LogP contribution is 2.30. The molecule has 1 N–H and O–H groups in total. The second kappa shape index (κ2) is 6.41. The molecule has 108 valence electrons. The van der Waals surface area contributed by atoms with Gasteiger partial charge < -0.3 is 14.7 Å². The van der Waals surface area contributed by atoms with Gasteiger partial charge in [-0.1, -0.05) is 12.1 Å². The molecule has 5 heteroatoms. The highest BCUT2D eigenvalue weighted by atomic mass is 16.5. The summed E-state index contributed by atoms with van der Waals surface area (Å²) < 4.78 is 5.49. The fourth-order valence-corrected chi connectivity index (χ4v) is 2.58. The van der Waals surface area contributed by atoms with E-state index in [4.69, 9.17) is 9.84 Å². The van der Waals surface area contributed by atoms with Gasteiger partial charge in [-0.2, -0.15) is 0 Å². The predicted octanol–water partition coefficient (Wildman–Crippen LogP) is 1.88. The Hall–Kier alpha value is -2.04. The van der Waals surface area contributed by atoms with Gasteiger partial charge in [0.25, 0.3) is 0 Å². The van der Waals surface area contributed by atoms with E-state index >= 15 is 0 Å². The zero-order valence-electron chi connectivity index (χ0n) is 11.5. The summed E-state index contributed by atoms with van der Waals surface area (Å²) in [5, 5.41) is 8.70. The van der Waals surface area contributed by atoms with Crippen molar-refractivity contribution in [2.75, 3.05) is 19.7 Å². The van der Waals surface area contributed by atoms with E-state index in [1.807, 2.05) is 25.1 Å². The summed E-state index contributed by atoms with van der Waals surface area (Å²) >= 11 is 0. The van der Waals surface area contributed by atoms with Crippen LogP contribution in [0.2, 0.25) is 0 Å². The van der Waals surface area contributed by atoms with Crippen LogP contribution in [0.15, 0.2) is 24.3 Å². The van der Waals surface area contributed by atoms with Gasteiger partial charge in [0.1, 0.15) is 5.75 Å². The van der Waals surface area contributed by atoms with Gasteiger partial charge in [0.2, 0.25) is 0 Å². The summed E-state index contributed by atoms with van der Waals surface area (Å²) in [6.07, 6.45) is 1.57. The Kier molecular flexibility index (Phi) is 4.61. The molecule has 0 atom stereocenters. The average Bonchev–Trinajstić information content (AvgIpc) is 2.47. The highest BCUT2D eigenvalue weighted by Gasteiger charge is 2.27. The summed E-state index contributed by atoms with van der Waals surface area (Å²) in [4.78, 5) is 23.5. The van der Waals surface area contributed by atoms with Crippen LogP contribution in [-0.4, -0.2) is 41.6 Å². The molecule has 1 aliphatic heterocycles. The van der Waals surface area contributed by atoms with Gasteiger partial charge in [0.15, 0.2) is 0 Å². The van der Waals surface area contributed by atoms with Gasteiger partial charge in [-0.15, -0.1) is 0 Å². The maximum absolute atomic E-state index is 11.4. The topological polar surface area (TPSA) is 66.8 Å². The second-order valence-electron chi connectivity index (χ2n) is 4.88. The first-order valence-corrected chi connectivity index (χ1v) is 6.86. The van der Waals surface area contributed by atoms with Crippen molar-refractivity contribution >= 4 is 11.9 Å². The number of rotatable bonds is 3. The number of carbonyl (C=O) groups is 2. The fraction of sp³-hybridized carbons (Fsp3) is 0.467. The van der Waals surface area contributed by atoms with E-state index in [1.54, 1.807) is 0 Å². The molecule has 0 aliphatic carbocycles. The molecule has 0 unspecified atom stereocenters. The molecule has 1 aromatic carbocycles. The van der Waals surface area contributed by atoms with Crippen LogP contribution in [0, 0.1) is 0 Å². The molecule has 0 saturated carbocycles. The summed E-state index contributed by atoms with van der Waals surface area (Å²) in [5.41, 5.74) is 1.19. The van der Waals surface area contributed by atoms with Crippen molar-refractivity contribution in [3.05, 3.63) is 29.8 Å². The molecule has 2 rings (SSSR count). The minimum atomic E-state index is -1.37. The van der Waals surface area contributed by atoms with E-state index in [2.05, 4.69) is 6.07 Å². The maximum Gasteiger partial charge on any atom is 0.394 e. The Bertz CT molecular complexity index is 492. The molecule has 0 bridgehead atoms. The molecule has 5 nitrogen and oxygen atoms in total. The number of aliphatic carboxylic acids is 1. The monoisotopic (exact) mass is 277 g/mol. The maximum atomic E-state index is 11.4. The lowest BCUT2D eigenvalue weighted by Crippen LogP contribution is -2.41. The Labute approximate surface area is 118 Å². The van der Waals surface area contributed by atoms with E-state index in [9.17, 15) is 9.59 Å². The van der Waals surface area contributed by atoms with Crippen LogP contribution in [0.25, 0.3) is 0 Å². The number of piperidine rings is 1. The molecule has 0 spiro atoms. The number of ether oxygens (including phenoxy) is 1. The second-order valence-corrected chi connectivity index (χ2v) is 4.88. The summed E-state index contributed by atoms with van der Waals surface area (Å²) in [5.74, 6) is -0.962. The molecule has 1 fully saturated rings. The van der Waals surface area contributed by atoms with Crippen LogP contribution < -0.4 is 4.74 Å². The Morgan fingerprint density at radius 1 is 1.35 bits per heavy atom. The smallest absolute Gasteiger partial charge is 0.394 e. The molecule has 20 heavy (non-hydrogen) atoms. The summed E-state index contributed by atoms with van der Waals surface area (Å²) in [6, 6.07) is 7.98. The number of carbonyl (C=O) groups excluding carboxylic acids is 1. The Morgan fingerprint density at radius 2 is 2.05 bits per heavy atom. The lowest BCUT2D eigenvalue weighted by molar-refractivity contribution is -0.156. The first-order valence-electron chi connectivity index (χ1n) is 6.86. The van der Waals surface area contributed by atoms with Gasteiger partial charge in [0.05, 0.1) is 6.61 Å². The minimum Gasteiger partial charge on any atom is -0.494 e. The van der Waals surface area contributed by atoms with Crippen LogP contribution in [-0.2, 0) is 9.59 Å². The van der Waals surface area contributed by atoms with Crippen LogP contribution in [0.1, 0.15) is 31.2 Å². The third-order valence-corrected chi connectivity index (χ3v) is 3.61. The predicted molar refractivity (Wildman–Crippen MR) is 73.8 cm³/mol. The molecule has 1 aromatic rings. The molecule has 1 aliphatic rings. The van der Waals surface area contributed by atoms with E-state index in [-0.39, 0.29) is 0 Å². The van der Waals surface area contributed by atoms with Crippen molar-refractivity contribution in [1.29, 1.82) is 0 Å². The SMILES string of the molecule is CCOc1cccc(C2CCN(C(=O)C(=O)O)CC2)c1. The van der Waals surface area contributed by atoms with E-state index in [0.29, 0.717) is 25.6 Å². The van der Waals surface area contributed by atoms with Crippen molar-refractivity contribution in [3.63, 3.8) is 0 Å². The molecule has 1 heterocycles. The number of carboxylic acid groups (broad SMARTS) is 1. The molecular weight excluding hydrogens is 258 g/mol. The van der Waals surface area contributed by atoms with Crippen LogP contribution >= 0.6 is 0 Å². The van der Waals surface area contributed by atoms with E-state index in [1.165, 1.54) is 10.5 Å². The van der Waals surface area contributed by atoms with Crippen molar-refractivity contribution in [1.82, 2.24) is 4.90 Å². The van der Waals surface area contributed by atoms with Crippen LogP contribution in [0.5, 0.6) is 5.75 Å². The number of hydrogen-bond donors (Lipinski definition) is 1. The van der Waals surface area contributed by atoms with Gasteiger partial charge in [0, 0.05) is 13.1 Å². The molecule has 1 saturated heterocycles.